The molecule has 0 saturated heterocycles. The van der Waals surface area contributed by atoms with Gasteiger partial charge in [0.25, 0.3) is 0 Å². The molecule has 1 heterocycles. The molecule has 6 heteroatoms. The number of rotatable bonds is 3. The van der Waals surface area contributed by atoms with Gasteiger partial charge in [0.2, 0.25) is 0 Å². The topological polar surface area (TPSA) is 54.0 Å². The lowest BCUT2D eigenvalue weighted by Crippen LogP contribution is -2.31. The number of carbonyl (C=O) groups excluding carboxylic acids is 1. The van der Waals surface area contributed by atoms with Gasteiger partial charge in [0.15, 0.2) is 0 Å². The molecular formula is C14H13ClFN3O. The predicted octanol–water partition coefficient (Wildman–Crippen LogP) is 3.76. The molecule has 2 N–H and O–H groups in total. The summed E-state index contributed by atoms with van der Waals surface area (Å²) in [6, 6.07) is 8.55. The van der Waals surface area contributed by atoms with E-state index in [0.717, 1.165) is 0 Å². The van der Waals surface area contributed by atoms with E-state index >= 15 is 0 Å². The van der Waals surface area contributed by atoms with Crippen LogP contribution in [0.3, 0.4) is 0 Å². The number of hydrogen-bond donors (Lipinski definition) is 2. The van der Waals surface area contributed by atoms with Crippen LogP contribution in [0.1, 0.15) is 18.7 Å². The Labute approximate surface area is 121 Å². The van der Waals surface area contributed by atoms with Gasteiger partial charge in [0.05, 0.1) is 17.4 Å². The van der Waals surface area contributed by atoms with Gasteiger partial charge < -0.3 is 10.6 Å². The van der Waals surface area contributed by atoms with Crippen LogP contribution < -0.4 is 10.6 Å². The van der Waals surface area contributed by atoms with Crippen molar-refractivity contribution < 1.29 is 9.18 Å². The molecule has 1 aromatic heterocycles. The van der Waals surface area contributed by atoms with Crippen LogP contribution in [0.15, 0.2) is 42.6 Å². The molecule has 0 fully saturated rings. The zero-order valence-corrected chi connectivity index (χ0v) is 11.5. The minimum atomic E-state index is -0.546. The molecule has 2 rings (SSSR count). The molecule has 0 radical (unpaired) electrons. The van der Waals surface area contributed by atoms with E-state index < -0.39 is 11.8 Å². The van der Waals surface area contributed by atoms with E-state index in [9.17, 15) is 9.18 Å². The van der Waals surface area contributed by atoms with E-state index in [1.54, 1.807) is 25.3 Å². The van der Waals surface area contributed by atoms with E-state index in [1.165, 1.54) is 18.2 Å². The average Bonchev–Trinajstić information content (AvgIpc) is 2.43. The Morgan fingerprint density at radius 3 is 2.85 bits per heavy atom. The van der Waals surface area contributed by atoms with Crippen molar-refractivity contribution in [1.29, 1.82) is 0 Å². The van der Waals surface area contributed by atoms with Crippen LogP contribution >= 0.6 is 11.6 Å². The summed E-state index contributed by atoms with van der Waals surface area (Å²) in [4.78, 5) is 15.9. The second kappa shape index (κ2) is 6.34. The number of halogens is 2. The van der Waals surface area contributed by atoms with E-state index in [0.29, 0.717) is 10.7 Å². The molecule has 1 aromatic carbocycles. The number of aromatic nitrogens is 1. The minimum absolute atomic E-state index is 0.0308. The molecule has 0 spiro atoms. The first-order valence-electron chi connectivity index (χ1n) is 6.00. The summed E-state index contributed by atoms with van der Waals surface area (Å²) < 4.78 is 13.5. The van der Waals surface area contributed by atoms with Gasteiger partial charge in [0.1, 0.15) is 5.82 Å². The number of carbonyl (C=O) groups is 1. The third-order valence-corrected chi connectivity index (χ3v) is 2.89. The predicted molar refractivity (Wildman–Crippen MR) is 76.2 cm³/mol. The molecular weight excluding hydrogens is 281 g/mol. The summed E-state index contributed by atoms with van der Waals surface area (Å²) in [6.45, 7) is 1.79. The molecule has 0 aliphatic carbocycles. The zero-order chi connectivity index (χ0) is 14.5. The van der Waals surface area contributed by atoms with Gasteiger partial charge in [-0.3, -0.25) is 4.98 Å². The summed E-state index contributed by atoms with van der Waals surface area (Å²) in [7, 11) is 0. The Hall–Kier alpha value is -2.14. The fraction of sp³-hybridized carbons (Fsp3) is 0.143. The number of nitrogens with one attached hydrogen (secondary N) is 2. The van der Waals surface area contributed by atoms with Crippen molar-refractivity contribution in [3.63, 3.8) is 0 Å². The maximum Gasteiger partial charge on any atom is 0.319 e. The molecule has 1 atom stereocenters. The van der Waals surface area contributed by atoms with Crippen LogP contribution in [0.5, 0.6) is 0 Å². The van der Waals surface area contributed by atoms with Gasteiger partial charge in [0, 0.05) is 11.2 Å². The summed E-state index contributed by atoms with van der Waals surface area (Å²) in [5.41, 5.74) is 0.748. The number of hydrogen-bond acceptors (Lipinski definition) is 2. The quantitative estimate of drug-likeness (QED) is 0.905. The normalized spacial score (nSPS) is 11.8. The number of pyridine rings is 1. The van der Waals surface area contributed by atoms with Gasteiger partial charge in [-0.2, -0.15) is 0 Å². The summed E-state index contributed by atoms with van der Waals surface area (Å²) >= 11 is 5.75. The van der Waals surface area contributed by atoms with Crippen molar-refractivity contribution >= 4 is 23.3 Å². The lowest BCUT2D eigenvalue weighted by Gasteiger charge is -2.14. The molecule has 4 nitrogen and oxygen atoms in total. The molecule has 1 unspecified atom stereocenters. The van der Waals surface area contributed by atoms with Crippen molar-refractivity contribution in [2.45, 2.75) is 13.0 Å². The van der Waals surface area contributed by atoms with Crippen molar-refractivity contribution in [3.8, 4) is 0 Å². The van der Waals surface area contributed by atoms with Crippen LogP contribution in [0, 0.1) is 5.82 Å². The lowest BCUT2D eigenvalue weighted by atomic mass is 10.2. The van der Waals surface area contributed by atoms with Gasteiger partial charge in [-0.1, -0.05) is 17.7 Å². The third kappa shape index (κ3) is 3.68. The lowest BCUT2D eigenvalue weighted by molar-refractivity contribution is 0.249. The van der Waals surface area contributed by atoms with Crippen molar-refractivity contribution in [3.05, 3.63) is 59.1 Å². The van der Waals surface area contributed by atoms with E-state index in [4.69, 9.17) is 11.6 Å². The molecule has 2 aromatic rings. The Morgan fingerprint density at radius 1 is 1.35 bits per heavy atom. The first-order valence-corrected chi connectivity index (χ1v) is 6.37. The molecule has 0 saturated carbocycles. The fourth-order valence-corrected chi connectivity index (χ4v) is 1.83. The Morgan fingerprint density at radius 2 is 2.15 bits per heavy atom. The molecule has 2 amide bonds. The number of benzene rings is 1. The molecule has 0 aliphatic rings. The van der Waals surface area contributed by atoms with Gasteiger partial charge in [-0.05, 0) is 37.3 Å². The first-order chi connectivity index (χ1) is 9.56. The first kappa shape index (κ1) is 14.3. The molecule has 104 valence electrons. The smallest absolute Gasteiger partial charge is 0.319 e. The van der Waals surface area contributed by atoms with E-state index in [2.05, 4.69) is 15.6 Å². The van der Waals surface area contributed by atoms with Crippen LogP contribution in [0.2, 0.25) is 5.02 Å². The third-order valence-electron chi connectivity index (χ3n) is 2.66. The Kier molecular flexibility index (Phi) is 4.53. The summed E-state index contributed by atoms with van der Waals surface area (Å²) in [5.74, 6) is -0.546. The fourth-order valence-electron chi connectivity index (χ4n) is 1.65. The maximum absolute atomic E-state index is 13.5. The Bertz CT molecular complexity index is 607. The van der Waals surface area contributed by atoms with Crippen LogP contribution in [-0.2, 0) is 0 Å². The van der Waals surface area contributed by atoms with Crippen LogP contribution in [0.4, 0.5) is 14.9 Å². The monoisotopic (exact) mass is 293 g/mol. The number of nitrogens with zero attached hydrogens (tertiary/aromatic N) is 1. The van der Waals surface area contributed by atoms with Crippen molar-refractivity contribution in [1.82, 2.24) is 10.3 Å². The number of urea groups is 1. The van der Waals surface area contributed by atoms with Crippen molar-refractivity contribution in [2.24, 2.45) is 0 Å². The van der Waals surface area contributed by atoms with E-state index in [1.807, 2.05) is 6.07 Å². The van der Waals surface area contributed by atoms with Crippen molar-refractivity contribution in [2.75, 3.05) is 5.32 Å². The van der Waals surface area contributed by atoms with Crippen LogP contribution in [-0.4, -0.2) is 11.0 Å². The second-order valence-corrected chi connectivity index (χ2v) is 4.64. The molecule has 0 aliphatic heterocycles. The number of amides is 2. The van der Waals surface area contributed by atoms with Gasteiger partial charge >= 0.3 is 6.03 Å². The SMILES string of the molecule is CC(NC(=O)Nc1cc(Cl)ccc1F)c1ccccn1. The Balaban J connectivity index is 2.01. The highest BCUT2D eigenvalue weighted by atomic mass is 35.5. The average molecular weight is 294 g/mol. The zero-order valence-electron chi connectivity index (χ0n) is 10.7. The minimum Gasteiger partial charge on any atom is -0.330 e. The largest absolute Gasteiger partial charge is 0.330 e. The van der Waals surface area contributed by atoms with Crippen LogP contribution in [0.25, 0.3) is 0 Å². The second-order valence-electron chi connectivity index (χ2n) is 4.20. The number of anilines is 1. The van der Waals surface area contributed by atoms with E-state index in [-0.39, 0.29) is 11.7 Å². The summed E-state index contributed by atoms with van der Waals surface area (Å²) in [6.07, 6.45) is 1.64. The molecule has 0 bridgehead atoms. The highest BCUT2D eigenvalue weighted by Crippen LogP contribution is 2.19. The van der Waals surface area contributed by atoms with Gasteiger partial charge in [-0.25, -0.2) is 9.18 Å². The summed E-state index contributed by atoms with van der Waals surface area (Å²) in [5, 5.41) is 5.43. The van der Waals surface area contributed by atoms with Gasteiger partial charge in [-0.15, -0.1) is 0 Å². The highest BCUT2D eigenvalue weighted by molar-refractivity contribution is 6.30. The standard InChI is InChI=1S/C14H13ClFN3O/c1-9(12-4-2-3-7-17-12)18-14(20)19-13-8-10(15)5-6-11(13)16/h2-9H,1H3,(H2,18,19,20). The molecule has 20 heavy (non-hydrogen) atoms. The maximum atomic E-state index is 13.5. The highest BCUT2D eigenvalue weighted by Gasteiger charge is 2.12.